The first kappa shape index (κ1) is 21.6. The number of methoxy groups -OCH3 is 1. The van der Waals surface area contributed by atoms with Crippen molar-refractivity contribution >= 4 is 17.8 Å². The molecule has 0 bridgehead atoms. The summed E-state index contributed by atoms with van der Waals surface area (Å²) in [5.74, 6) is -0.440. The Bertz CT molecular complexity index is 878. The minimum Gasteiger partial charge on any atom is -0.469 e. The van der Waals surface area contributed by atoms with Crippen LogP contribution in [-0.4, -0.2) is 66.0 Å². The molecule has 0 unspecified atom stereocenters. The Balaban J connectivity index is 1.38. The molecular formula is C23H31N3O5. The normalized spacial score (nSPS) is 25.1. The van der Waals surface area contributed by atoms with E-state index in [0.29, 0.717) is 56.0 Å². The van der Waals surface area contributed by atoms with Crippen LogP contribution in [0.3, 0.4) is 0 Å². The number of piperidine rings is 1. The average Bonchev–Trinajstić information content (AvgIpc) is 3.35. The number of carbonyl (C=O) groups is 3. The van der Waals surface area contributed by atoms with Gasteiger partial charge in [0.2, 0.25) is 5.91 Å². The molecule has 0 N–H and O–H groups in total. The Labute approximate surface area is 182 Å². The maximum atomic E-state index is 13.3. The summed E-state index contributed by atoms with van der Waals surface area (Å²) in [7, 11) is 1.38. The molecule has 1 aromatic rings. The minimum atomic E-state index is -0.395. The van der Waals surface area contributed by atoms with Crippen molar-refractivity contribution in [3.63, 3.8) is 0 Å². The first-order valence-electron chi connectivity index (χ1n) is 11.1. The Hall–Kier alpha value is -2.64. The first-order chi connectivity index (χ1) is 14.8. The lowest BCUT2D eigenvalue weighted by molar-refractivity contribution is -0.153. The third kappa shape index (κ3) is 4.00. The molecule has 8 heteroatoms. The van der Waals surface area contributed by atoms with Crippen molar-refractivity contribution in [2.75, 3.05) is 33.3 Å². The zero-order valence-corrected chi connectivity index (χ0v) is 18.6. The molecule has 31 heavy (non-hydrogen) atoms. The molecule has 4 rings (SSSR count). The van der Waals surface area contributed by atoms with E-state index in [1.165, 1.54) is 7.11 Å². The first-order valence-corrected chi connectivity index (χ1v) is 11.1. The van der Waals surface area contributed by atoms with Gasteiger partial charge in [-0.1, -0.05) is 17.3 Å². The molecule has 2 atom stereocenters. The highest BCUT2D eigenvalue weighted by atomic mass is 16.5. The van der Waals surface area contributed by atoms with E-state index in [-0.39, 0.29) is 29.1 Å². The van der Waals surface area contributed by atoms with E-state index in [4.69, 9.17) is 9.26 Å². The third-order valence-electron chi connectivity index (χ3n) is 7.36. The molecule has 2 fully saturated rings. The Morgan fingerprint density at radius 1 is 1.03 bits per heavy atom. The SMILES string of the molecule is COC(=O)[C@H]1CC=CC[C@H]1C(=O)N1CCC2(CCN(C(=O)c3c(C)noc3C)CC2)C1. The predicted octanol–water partition coefficient (Wildman–Crippen LogP) is 2.50. The molecule has 2 aliphatic heterocycles. The van der Waals surface area contributed by atoms with E-state index in [0.717, 1.165) is 19.3 Å². The van der Waals surface area contributed by atoms with E-state index in [1.807, 2.05) is 22.0 Å². The van der Waals surface area contributed by atoms with Crippen molar-refractivity contribution in [2.24, 2.45) is 17.3 Å². The van der Waals surface area contributed by atoms with Crippen molar-refractivity contribution in [1.29, 1.82) is 0 Å². The minimum absolute atomic E-state index is 0.0213. The zero-order chi connectivity index (χ0) is 22.2. The number of rotatable bonds is 3. The van der Waals surface area contributed by atoms with Gasteiger partial charge in [-0.05, 0) is 51.4 Å². The maximum absolute atomic E-state index is 13.3. The number of likely N-dealkylation sites (tertiary alicyclic amines) is 2. The summed E-state index contributed by atoms with van der Waals surface area (Å²) < 4.78 is 10.1. The fraction of sp³-hybridized carbons (Fsp3) is 0.652. The lowest BCUT2D eigenvalue weighted by Gasteiger charge is -2.39. The van der Waals surface area contributed by atoms with Gasteiger partial charge in [-0.3, -0.25) is 14.4 Å². The van der Waals surface area contributed by atoms with E-state index >= 15 is 0 Å². The van der Waals surface area contributed by atoms with E-state index in [9.17, 15) is 14.4 Å². The quantitative estimate of drug-likeness (QED) is 0.541. The molecule has 1 aromatic heterocycles. The summed E-state index contributed by atoms with van der Waals surface area (Å²) in [6.45, 7) is 6.31. The topological polar surface area (TPSA) is 93.0 Å². The third-order valence-corrected chi connectivity index (χ3v) is 7.36. The molecule has 2 saturated heterocycles. The van der Waals surface area contributed by atoms with Crippen LogP contribution in [0.15, 0.2) is 16.7 Å². The number of ether oxygens (including phenoxy) is 1. The van der Waals surface area contributed by atoms with Gasteiger partial charge < -0.3 is 19.1 Å². The summed E-state index contributed by atoms with van der Waals surface area (Å²) >= 11 is 0. The largest absolute Gasteiger partial charge is 0.469 e. The molecule has 0 radical (unpaired) electrons. The highest BCUT2D eigenvalue weighted by Crippen LogP contribution is 2.42. The molecule has 3 aliphatic rings. The lowest BCUT2D eigenvalue weighted by atomic mass is 9.77. The molecule has 168 valence electrons. The van der Waals surface area contributed by atoms with Crippen LogP contribution < -0.4 is 0 Å². The fourth-order valence-corrected chi connectivity index (χ4v) is 5.40. The van der Waals surface area contributed by atoms with Crippen molar-refractivity contribution < 1.29 is 23.6 Å². The van der Waals surface area contributed by atoms with Crippen LogP contribution in [0.2, 0.25) is 0 Å². The number of carbonyl (C=O) groups excluding carboxylic acids is 3. The lowest BCUT2D eigenvalue weighted by Crippen LogP contribution is -2.46. The van der Waals surface area contributed by atoms with E-state index in [2.05, 4.69) is 5.16 Å². The van der Waals surface area contributed by atoms with Crippen molar-refractivity contribution in [3.05, 3.63) is 29.2 Å². The van der Waals surface area contributed by atoms with E-state index in [1.54, 1.807) is 13.8 Å². The summed E-state index contributed by atoms with van der Waals surface area (Å²) in [5, 5.41) is 3.90. The van der Waals surface area contributed by atoms with Crippen LogP contribution in [0.4, 0.5) is 0 Å². The number of hydrogen-bond acceptors (Lipinski definition) is 6. The predicted molar refractivity (Wildman–Crippen MR) is 112 cm³/mol. The zero-order valence-electron chi connectivity index (χ0n) is 18.6. The Kier molecular flexibility index (Phi) is 5.90. The summed E-state index contributed by atoms with van der Waals surface area (Å²) in [6, 6.07) is 0. The van der Waals surface area contributed by atoms with Crippen LogP contribution >= 0.6 is 0 Å². The summed E-state index contributed by atoms with van der Waals surface area (Å²) in [5.41, 5.74) is 1.25. The van der Waals surface area contributed by atoms with Crippen LogP contribution in [0.5, 0.6) is 0 Å². The number of nitrogens with zero attached hydrogens (tertiary/aromatic N) is 3. The number of allylic oxidation sites excluding steroid dienone is 2. The monoisotopic (exact) mass is 429 g/mol. The second-order valence-corrected chi connectivity index (χ2v) is 9.18. The molecule has 2 amide bonds. The van der Waals surface area contributed by atoms with Gasteiger partial charge in [-0.25, -0.2) is 0 Å². The van der Waals surface area contributed by atoms with Crippen LogP contribution in [-0.2, 0) is 14.3 Å². The second kappa shape index (κ2) is 8.48. The van der Waals surface area contributed by atoms with Gasteiger partial charge in [-0.15, -0.1) is 0 Å². The summed E-state index contributed by atoms with van der Waals surface area (Å²) in [6.07, 6.45) is 7.78. The Morgan fingerprint density at radius 2 is 1.65 bits per heavy atom. The number of aryl methyl sites for hydroxylation is 2. The van der Waals surface area contributed by atoms with Gasteiger partial charge in [0.1, 0.15) is 11.3 Å². The average molecular weight is 430 g/mol. The van der Waals surface area contributed by atoms with Gasteiger partial charge in [-0.2, -0.15) is 0 Å². The van der Waals surface area contributed by atoms with Crippen molar-refractivity contribution in [3.8, 4) is 0 Å². The van der Waals surface area contributed by atoms with Crippen molar-refractivity contribution in [1.82, 2.24) is 15.0 Å². The van der Waals surface area contributed by atoms with Crippen LogP contribution in [0.1, 0.15) is 53.9 Å². The fourth-order valence-electron chi connectivity index (χ4n) is 5.40. The number of amides is 2. The smallest absolute Gasteiger partial charge is 0.309 e. The van der Waals surface area contributed by atoms with Crippen molar-refractivity contribution in [2.45, 2.75) is 46.0 Å². The van der Waals surface area contributed by atoms with Gasteiger partial charge in [0.25, 0.3) is 5.91 Å². The van der Waals surface area contributed by atoms with E-state index < -0.39 is 5.92 Å². The van der Waals surface area contributed by atoms with Gasteiger partial charge in [0, 0.05) is 26.2 Å². The molecule has 8 nitrogen and oxygen atoms in total. The molecule has 1 aliphatic carbocycles. The molecule has 3 heterocycles. The Morgan fingerprint density at radius 3 is 2.23 bits per heavy atom. The number of aromatic nitrogens is 1. The van der Waals surface area contributed by atoms with Gasteiger partial charge in [0.05, 0.1) is 24.6 Å². The van der Waals surface area contributed by atoms with Crippen LogP contribution in [0.25, 0.3) is 0 Å². The number of hydrogen-bond donors (Lipinski definition) is 0. The molecule has 0 aromatic carbocycles. The highest BCUT2D eigenvalue weighted by molar-refractivity contribution is 5.96. The van der Waals surface area contributed by atoms with Gasteiger partial charge >= 0.3 is 5.97 Å². The highest BCUT2D eigenvalue weighted by Gasteiger charge is 2.46. The second-order valence-electron chi connectivity index (χ2n) is 9.18. The van der Waals surface area contributed by atoms with Crippen LogP contribution in [0, 0.1) is 31.1 Å². The molecular weight excluding hydrogens is 398 g/mol. The number of esters is 1. The maximum Gasteiger partial charge on any atom is 0.309 e. The molecule has 0 saturated carbocycles. The summed E-state index contributed by atoms with van der Waals surface area (Å²) in [4.78, 5) is 42.2. The standard InChI is InChI=1S/C23H31N3O5/c1-15-19(16(2)31-24-15)21(28)25-11-8-23(9-12-25)10-13-26(14-23)20(27)17-6-4-5-7-18(17)22(29)30-3/h4-5,17-18H,6-14H2,1-3H3/t17-,18+/m1/s1. The van der Waals surface area contributed by atoms with Gasteiger partial charge in [0.15, 0.2) is 0 Å². The molecule has 1 spiro atoms.